The van der Waals surface area contributed by atoms with Crippen molar-refractivity contribution in [3.05, 3.63) is 64.2 Å². The van der Waals surface area contributed by atoms with Crippen LogP contribution in [-0.4, -0.2) is 71.6 Å². The van der Waals surface area contributed by atoms with Crippen molar-refractivity contribution in [2.24, 2.45) is 11.8 Å². The Morgan fingerprint density at radius 2 is 1.90 bits per heavy atom. The highest BCUT2D eigenvalue weighted by molar-refractivity contribution is 6.31. The van der Waals surface area contributed by atoms with E-state index in [1.807, 2.05) is 39.0 Å². The minimum absolute atomic E-state index is 0.0250. The normalized spacial score (nSPS) is 21.6. The largest absolute Gasteiger partial charge is 0.380 e. The van der Waals surface area contributed by atoms with Crippen molar-refractivity contribution in [1.82, 2.24) is 30.8 Å². The summed E-state index contributed by atoms with van der Waals surface area (Å²) in [5, 5.41) is 9.23. The first-order valence-electron chi connectivity index (χ1n) is 17.3. The molecule has 10 nitrogen and oxygen atoms in total. The van der Waals surface area contributed by atoms with Crippen LogP contribution in [0.25, 0.3) is 11.0 Å². The second-order valence-electron chi connectivity index (χ2n) is 13.8. The number of urea groups is 1. The molecule has 48 heavy (non-hydrogen) atoms. The number of nitrogens with one attached hydrogen (secondary N) is 4. The van der Waals surface area contributed by atoms with Gasteiger partial charge in [0.2, 0.25) is 11.8 Å². The molecule has 3 aromatic rings. The average Bonchev–Trinajstić information content (AvgIpc) is 3.83. The minimum atomic E-state index is -0.979. The number of amides is 4. The first kappa shape index (κ1) is 34.2. The number of ether oxygens (including phenoxy) is 1. The lowest BCUT2D eigenvalue weighted by Crippen LogP contribution is -2.57. The van der Waals surface area contributed by atoms with E-state index >= 15 is 0 Å². The lowest BCUT2D eigenvalue weighted by molar-refractivity contribution is -0.134. The number of H-pyrrole nitrogens is 1. The summed E-state index contributed by atoms with van der Waals surface area (Å²) in [6.45, 7) is 8.35. The standard InChI is InChI=1S/C36H46ClFN6O4/c1-4-39-33(45)30(22-9-7-10-22)42-34(46)36(15-18-48-20-36)23-13-14-26-27(19-23)41-32(40-26)31(43-35(47)44-16-5-6-17-44)28(21(2)3)24-11-8-12-25(38)29(24)37/h8,11-14,19,21-22,28,30-31H,4-7,9-10,15-18,20H2,1-3H3,(H,39,45)(H,40,41)(H,42,46)(H,43,47)/t28?,30-,31?,36?/m1/s1. The number of fused-ring (bicyclic) bond motifs is 1. The molecule has 1 aliphatic carbocycles. The number of imidazole rings is 1. The Morgan fingerprint density at radius 3 is 2.54 bits per heavy atom. The summed E-state index contributed by atoms with van der Waals surface area (Å²) in [6.07, 6.45) is 5.22. The van der Waals surface area contributed by atoms with Gasteiger partial charge in [-0.2, -0.15) is 0 Å². The van der Waals surface area contributed by atoms with Gasteiger partial charge < -0.3 is 30.6 Å². The van der Waals surface area contributed by atoms with E-state index in [2.05, 4.69) is 20.9 Å². The van der Waals surface area contributed by atoms with Crippen LogP contribution >= 0.6 is 11.6 Å². The average molecular weight is 681 g/mol. The molecule has 3 unspecified atom stereocenters. The van der Waals surface area contributed by atoms with E-state index in [4.69, 9.17) is 21.3 Å². The zero-order valence-corrected chi connectivity index (χ0v) is 28.7. The van der Waals surface area contributed by atoms with Crippen LogP contribution in [0.4, 0.5) is 9.18 Å². The van der Waals surface area contributed by atoms with Crippen LogP contribution in [0.1, 0.15) is 88.2 Å². The second-order valence-corrected chi connectivity index (χ2v) is 14.2. The lowest BCUT2D eigenvalue weighted by atomic mass is 9.76. The molecule has 1 saturated carbocycles. The number of rotatable bonds is 11. The number of hydrogen-bond donors (Lipinski definition) is 4. The molecule has 0 radical (unpaired) electrons. The Morgan fingerprint density at radius 1 is 1.12 bits per heavy atom. The molecule has 3 aliphatic rings. The summed E-state index contributed by atoms with van der Waals surface area (Å²) < 4.78 is 20.6. The van der Waals surface area contributed by atoms with Gasteiger partial charge in [-0.3, -0.25) is 9.59 Å². The Labute approximate surface area is 285 Å². The number of nitrogens with zero attached hydrogens (tertiary/aromatic N) is 2. The molecule has 2 aromatic carbocycles. The number of aromatic nitrogens is 2. The van der Waals surface area contributed by atoms with Crippen molar-refractivity contribution in [1.29, 1.82) is 0 Å². The molecule has 2 aliphatic heterocycles. The molecule has 258 valence electrons. The number of benzene rings is 2. The number of halogens is 2. The maximum absolute atomic E-state index is 14.8. The number of hydrogen-bond acceptors (Lipinski definition) is 5. The highest BCUT2D eigenvalue weighted by atomic mass is 35.5. The van der Waals surface area contributed by atoms with E-state index in [1.165, 1.54) is 6.07 Å². The number of carbonyl (C=O) groups excluding carboxylic acids is 3. The van der Waals surface area contributed by atoms with Crippen molar-refractivity contribution in [2.45, 2.75) is 82.7 Å². The molecule has 0 spiro atoms. The van der Waals surface area contributed by atoms with Gasteiger partial charge in [0.1, 0.15) is 17.7 Å². The fourth-order valence-electron chi connectivity index (χ4n) is 7.49. The molecule has 3 fully saturated rings. The fourth-order valence-corrected chi connectivity index (χ4v) is 7.74. The number of aromatic amines is 1. The quantitative estimate of drug-likeness (QED) is 0.206. The van der Waals surface area contributed by atoms with Gasteiger partial charge in [-0.05, 0) is 80.2 Å². The number of likely N-dealkylation sites (tertiary alicyclic amines) is 1. The molecule has 0 bridgehead atoms. The van der Waals surface area contributed by atoms with E-state index in [0.29, 0.717) is 55.1 Å². The van der Waals surface area contributed by atoms with Gasteiger partial charge in [0.15, 0.2) is 0 Å². The van der Waals surface area contributed by atoms with Gasteiger partial charge in [0.25, 0.3) is 0 Å². The maximum atomic E-state index is 14.8. The highest BCUT2D eigenvalue weighted by Gasteiger charge is 2.47. The summed E-state index contributed by atoms with van der Waals surface area (Å²) in [5.41, 5.74) is 1.72. The molecule has 3 heterocycles. The molecule has 2 saturated heterocycles. The topological polar surface area (TPSA) is 128 Å². The Bertz CT molecular complexity index is 1650. The third-order valence-electron chi connectivity index (χ3n) is 10.4. The van der Waals surface area contributed by atoms with Crippen molar-refractivity contribution in [3.8, 4) is 0 Å². The lowest BCUT2D eigenvalue weighted by Gasteiger charge is -2.36. The van der Waals surface area contributed by atoms with Gasteiger partial charge in [0, 0.05) is 32.2 Å². The smallest absolute Gasteiger partial charge is 0.318 e. The minimum Gasteiger partial charge on any atom is -0.380 e. The predicted molar refractivity (Wildman–Crippen MR) is 182 cm³/mol. The van der Waals surface area contributed by atoms with Crippen molar-refractivity contribution in [3.63, 3.8) is 0 Å². The summed E-state index contributed by atoms with van der Waals surface area (Å²) in [7, 11) is 0. The third kappa shape index (κ3) is 6.63. The second kappa shape index (κ2) is 14.4. The van der Waals surface area contributed by atoms with Crippen LogP contribution in [0.5, 0.6) is 0 Å². The van der Waals surface area contributed by atoms with Crippen molar-refractivity contribution in [2.75, 3.05) is 32.8 Å². The Kier molecular flexibility index (Phi) is 10.3. The molecule has 1 aromatic heterocycles. The molecule has 4 amide bonds. The van der Waals surface area contributed by atoms with Gasteiger partial charge in [-0.1, -0.05) is 50.1 Å². The van der Waals surface area contributed by atoms with Crippen molar-refractivity contribution < 1.29 is 23.5 Å². The Balaban J connectivity index is 1.36. The monoisotopic (exact) mass is 680 g/mol. The molecule has 4 N–H and O–H groups in total. The van der Waals surface area contributed by atoms with Gasteiger partial charge in [0.05, 0.1) is 34.1 Å². The van der Waals surface area contributed by atoms with Crippen LogP contribution in [0.2, 0.25) is 5.02 Å². The summed E-state index contributed by atoms with van der Waals surface area (Å²) >= 11 is 6.55. The van der Waals surface area contributed by atoms with Crippen LogP contribution < -0.4 is 16.0 Å². The SMILES string of the molecule is CCNC(=O)[C@H](NC(=O)C1(c2ccc3nc(C(NC(=O)N4CCCC4)C(c4cccc(F)c4Cl)C(C)C)[nH]c3c2)CCOC1)C1CCC1. The van der Waals surface area contributed by atoms with Gasteiger partial charge in [-0.15, -0.1) is 0 Å². The Hall–Kier alpha value is -3.70. The molecule has 12 heteroatoms. The van der Waals surface area contributed by atoms with Crippen LogP contribution in [0.15, 0.2) is 36.4 Å². The first-order chi connectivity index (χ1) is 23.1. The molecule has 4 atom stereocenters. The van der Waals surface area contributed by atoms with E-state index in [-0.39, 0.29) is 41.3 Å². The fraction of sp³-hybridized carbons (Fsp3) is 0.556. The van der Waals surface area contributed by atoms with Crippen LogP contribution in [0, 0.1) is 17.7 Å². The molecular weight excluding hydrogens is 635 g/mol. The van der Waals surface area contributed by atoms with Gasteiger partial charge >= 0.3 is 6.03 Å². The van der Waals surface area contributed by atoms with E-state index in [1.54, 1.807) is 17.0 Å². The van der Waals surface area contributed by atoms with E-state index in [9.17, 15) is 18.8 Å². The van der Waals surface area contributed by atoms with E-state index < -0.39 is 29.2 Å². The summed E-state index contributed by atoms with van der Waals surface area (Å²) in [6, 6.07) is 8.99. The zero-order chi connectivity index (χ0) is 34.0. The third-order valence-corrected chi connectivity index (χ3v) is 10.8. The van der Waals surface area contributed by atoms with Gasteiger partial charge in [-0.25, -0.2) is 14.2 Å². The highest BCUT2D eigenvalue weighted by Crippen LogP contribution is 2.42. The molecule has 6 rings (SSSR count). The van der Waals surface area contributed by atoms with Crippen LogP contribution in [-0.2, 0) is 19.7 Å². The van der Waals surface area contributed by atoms with Crippen LogP contribution in [0.3, 0.4) is 0 Å². The first-order valence-corrected chi connectivity index (χ1v) is 17.7. The summed E-state index contributed by atoms with van der Waals surface area (Å²) in [4.78, 5) is 50.8. The van der Waals surface area contributed by atoms with E-state index in [0.717, 1.165) is 37.7 Å². The number of carbonyl (C=O) groups is 3. The van der Waals surface area contributed by atoms with Crippen molar-refractivity contribution >= 4 is 40.5 Å². The zero-order valence-electron chi connectivity index (χ0n) is 27.9. The number of likely N-dealkylation sites (N-methyl/N-ethyl adjacent to an activating group) is 1. The molecular formula is C36H46ClFN6O4. The summed E-state index contributed by atoms with van der Waals surface area (Å²) in [5.74, 6) is -0.724. The predicted octanol–water partition coefficient (Wildman–Crippen LogP) is 5.72. The maximum Gasteiger partial charge on any atom is 0.318 e.